The lowest BCUT2D eigenvalue weighted by Gasteiger charge is -2.48. The maximum absolute atomic E-state index is 14.2. The van der Waals surface area contributed by atoms with Crippen LogP contribution in [0.15, 0.2) is 47.5 Å². The van der Waals surface area contributed by atoms with Crippen LogP contribution in [0.3, 0.4) is 0 Å². The highest BCUT2D eigenvalue weighted by molar-refractivity contribution is 6.48. The molecule has 1 heterocycles. The van der Waals surface area contributed by atoms with E-state index < -0.39 is 5.66 Å². The van der Waals surface area contributed by atoms with Crippen LogP contribution in [0.2, 0.25) is 10.0 Å². The highest BCUT2D eigenvalue weighted by Gasteiger charge is 2.52. The topological polar surface area (TPSA) is 49.7 Å². The Morgan fingerprint density at radius 1 is 1.08 bits per heavy atom. The molecule has 1 saturated carbocycles. The van der Waals surface area contributed by atoms with Gasteiger partial charge in [-0.15, -0.1) is 0 Å². The number of carbonyl (C=O) groups is 2. The number of aldehydes is 1. The molecule has 1 spiro atoms. The van der Waals surface area contributed by atoms with E-state index >= 15 is 0 Å². The van der Waals surface area contributed by atoms with Crippen molar-refractivity contribution in [3.8, 4) is 0 Å². The van der Waals surface area contributed by atoms with Gasteiger partial charge in [0.1, 0.15) is 17.7 Å². The molecule has 0 N–H and O–H groups in total. The molecular weight excluding hydrogens is 491 g/mol. The minimum absolute atomic E-state index is 0.0560. The predicted octanol–water partition coefficient (Wildman–Crippen LogP) is 8.30. The van der Waals surface area contributed by atoms with Crippen LogP contribution in [0.25, 0.3) is 0 Å². The van der Waals surface area contributed by atoms with Crippen LogP contribution in [0.1, 0.15) is 100 Å². The molecule has 1 aliphatic carbocycles. The summed E-state index contributed by atoms with van der Waals surface area (Å²) in [7, 11) is 0. The molecule has 2 aromatic carbocycles. The zero-order valence-corrected chi connectivity index (χ0v) is 23.2. The quantitative estimate of drug-likeness (QED) is 0.324. The smallest absolute Gasteiger partial charge is 0.275 e. The molecule has 6 heteroatoms. The molecule has 4 nitrogen and oxygen atoms in total. The molecule has 1 amide bonds. The average Bonchev–Trinajstić information content (AvgIpc) is 3.15. The second kappa shape index (κ2) is 10.7. The van der Waals surface area contributed by atoms with Gasteiger partial charge in [0.15, 0.2) is 0 Å². The molecule has 2 aliphatic rings. The summed E-state index contributed by atoms with van der Waals surface area (Å²) in [6.07, 6.45) is 7.47. The van der Waals surface area contributed by atoms with E-state index in [-0.39, 0.29) is 17.4 Å². The van der Waals surface area contributed by atoms with Crippen molar-refractivity contribution < 1.29 is 9.59 Å². The Morgan fingerprint density at radius 2 is 1.75 bits per heavy atom. The van der Waals surface area contributed by atoms with E-state index in [1.54, 1.807) is 12.1 Å². The normalized spacial score (nSPS) is 23.2. The molecule has 2 aromatic rings. The van der Waals surface area contributed by atoms with E-state index in [1.807, 2.05) is 30.3 Å². The third-order valence-electron chi connectivity index (χ3n) is 8.52. The van der Waals surface area contributed by atoms with Gasteiger partial charge in [0.25, 0.3) is 5.91 Å². The number of carbonyl (C=O) groups excluding carboxylic acids is 2. The molecule has 0 aromatic heterocycles. The number of nitrogens with zero attached hydrogens (tertiary/aromatic N) is 2. The fourth-order valence-electron chi connectivity index (χ4n) is 5.89. The maximum atomic E-state index is 14.2. The van der Waals surface area contributed by atoms with Crippen molar-refractivity contribution in [1.29, 1.82) is 0 Å². The number of amides is 1. The summed E-state index contributed by atoms with van der Waals surface area (Å²) >= 11 is 12.5. The Morgan fingerprint density at radius 3 is 2.31 bits per heavy atom. The molecule has 4 rings (SSSR count). The monoisotopic (exact) mass is 526 g/mol. The Labute approximate surface area is 225 Å². The largest absolute Gasteiger partial charge is 0.305 e. The first kappa shape index (κ1) is 26.9. The number of halogens is 2. The first-order valence-corrected chi connectivity index (χ1v) is 13.9. The highest BCUT2D eigenvalue weighted by Crippen LogP contribution is 2.50. The molecule has 0 bridgehead atoms. The zero-order chi connectivity index (χ0) is 26.1. The first-order chi connectivity index (χ1) is 17.2. The third kappa shape index (κ3) is 4.99. The second-order valence-corrected chi connectivity index (χ2v) is 11.8. The SMILES string of the molecule is CCC[C@H](c1ccc(C=O)cc1)N1C(=O)C(c2ccc(Cl)c(Cl)c2)=NC12CCC(C(C)(C)CC)CC2. The molecule has 0 saturated heterocycles. The first-order valence-electron chi connectivity index (χ1n) is 13.1. The summed E-state index contributed by atoms with van der Waals surface area (Å²) in [5, 5.41) is 0.875. The Kier molecular flexibility index (Phi) is 7.97. The fraction of sp³-hybridized carbons (Fsp3) is 0.500. The molecule has 1 fully saturated rings. The summed E-state index contributed by atoms with van der Waals surface area (Å²) in [5.74, 6) is 0.547. The number of hydrogen-bond donors (Lipinski definition) is 0. The summed E-state index contributed by atoms with van der Waals surface area (Å²) in [6.45, 7) is 9.11. The Hall–Kier alpha value is -2.17. The minimum Gasteiger partial charge on any atom is -0.305 e. The van der Waals surface area contributed by atoms with Crippen LogP contribution in [0.4, 0.5) is 0 Å². The molecule has 1 atom stereocenters. The van der Waals surface area contributed by atoms with Crippen molar-refractivity contribution in [3.63, 3.8) is 0 Å². The summed E-state index contributed by atoms with van der Waals surface area (Å²) in [4.78, 5) is 32.7. The van der Waals surface area contributed by atoms with E-state index in [2.05, 4.69) is 32.6 Å². The lowest BCUT2D eigenvalue weighted by Crippen LogP contribution is -2.51. The number of hydrogen-bond acceptors (Lipinski definition) is 3. The van der Waals surface area contributed by atoms with Gasteiger partial charge in [-0.1, -0.05) is 94.1 Å². The van der Waals surface area contributed by atoms with Crippen molar-refractivity contribution >= 4 is 41.1 Å². The van der Waals surface area contributed by atoms with E-state index in [9.17, 15) is 9.59 Å². The van der Waals surface area contributed by atoms with Crippen molar-refractivity contribution in [2.75, 3.05) is 0 Å². The summed E-state index contributed by atoms with van der Waals surface area (Å²) in [5.41, 5.74) is 2.52. The molecular formula is C30H36Cl2N2O2. The van der Waals surface area contributed by atoms with Gasteiger partial charge < -0.3 is 4.90 Å². The van der Waals surface area contributed by atoms with Crippen molar-refractivity contribution in [2.24, 2.45) is 16.3 Å². The predicted molar refractivity (Wildman–Crippen MR) is 148 cm³/mol. The summed E-state index contributed by atoms with van der Waals surface area (Å²) < 4.78 is 0. The third-order valence-corrected chi connectivity index (χ3v) is 9.26. The van der Waals surface area contributed by atoms with Gasteiger partial charge in [-0.25, -0.2) is 0 Å². The lowest BCUT2D eigenvalue weighted by molar-refractivity contribution is -0.133. The van der Waals surface area contributed by atoms with Crippen LogP contribution >= 0.6 is 23.2 Å². The molecule has 192 valence electrons. The molecule has 0 unspecified atom stereocenters. The van der Waals surface area contributed by atoms with Gasteiger partial charge in [-0.3, -0.25) is 14.6 Å². The van der Waals surface area contributed by atoms with E-state index in [1.165, 1.54) is 0 Å². The number of benzene rings is 2. The Bertz CT molecular complexity index is 1150. The highest BCUT2D eigenvalue weighted by atomic mass is 35.5. The minimum atomic E-state index is -0.581. The van der Waals surface area contributed by atoms with Crippen LogP contribution in [-0.4, -0.2) is 28.5 Å². The van der Waals surface area contributed by atoms with Crippen molar-refractivity contribution in [2.45, 2.75) is 84.3 Å². The lowest BCUT2D eigenvalue weighted by atomic mass is 9.67. The zero-order valence-electron chi connectivity index (χ0n) is 21.7. The van der Waals surface area contributed by atoms with E-state index in [0.717, 1.165) is 56.8 Å². The van der Waals surface area contributed by atoms with Crippen LogP contribution in [-0.2, 0) is 4.79 Å². The molecule has 36 heavy (non-hydrogen) atoms. The van der Waals surface area contributed by atoms with Crippen LogP contribution in [0.5, 0.6) is 0 Å². The van der Waals surface area contributed by atoms with E-state index in [0.29, 0.717) is 32.8 Å². The Balaban J connectivity index is 1.78. The molecule has 0 radical (unpaired) electrons. The van der Waals surface area contributed by atoms with Crippen molar-refractivity contribution in [3.05, 3.63) is 69.2 Å². The number of rotatable bonds is 8. The van der Waals surface area contributed by atoms with Crippen LogP contribution < -0.4 is 0 Å². The van der Waals surface area contributed by atoms with Gasteiger partial charge >= 0.3 is 0 Å². The van der Waals surface area contributed by atoms with Gasteiger partial charge in [-0.2, -0.15) is 0 Å². The fourth-order valence-corrected chi connectivity index (χ4v) is 6.19. The van der Waals surface area contributed by atoms with Gasteiger partial charge in [0, 0.05) is 11.1 Å². The summed E-state index contributed by atoms with van der Waals surface area (Å²) in [6, 6.07) is 12.8. The van der Waals surface area contributed by atoms with Gasteiger partial charge in [0.2, 0.25) is 0 Å². The number of aliphatic imine (C=N–C) groups is 1. The second-order valence-electron chi connectivity index (χ2n) is 11.0. The molecule has 1 aliphatic heterocycles. The average molecular weight is 528 g/mol. The van der Waals surface area contributed by atoms with Crippen molar-refractivity contribution in [1.82, 2.24) is 4.90 Å². The van der Waals surface area contributed by atoms with Gasteiger partial charge in [-0.05, 0) is 61.1 Å². The van der Waals surface area contributed by atoms with E-state index in [4.69, 9.17) is 28.2 Å². The standard InChI is InChI=1S/C30H36Cl2N2O2/c1-5-7-26(21-10-8-20(19-35)9-11-21)34-28(36)27(22-12-13-24(31)25(32)18-22)33-30(34)16-14-23(15-17-30)29(3,4)6-2/h8-13,18-19,23,26H,5-7,14-17H2,1-4H3/t23?,26-,30?/m1/s1. The van der Waals surface area contributed by atoms with Gasteiger partial charge in [0.05, 0.1) is 16.1 Å². The maximum Gasteiger partial charge on any atom is 0.275 e. The van der Waals surface area contributed by atoms with Crippen LogP contribution in [0, 0.1) is 11.3 Å².